The van der Waals surface area contributed by atoms with Crippen molar-refractivity contribution in [2.75, 3.05) is 56.9 Å². The lowest BCUT2D eigenvalue weighted by atomic mass is 9.93. The van der Waals surface area contributed by atoms with Crippen LogP contribution in [0.15, 0.2) is 23.8 Å². The van der Waals surface area contributed by atoms with Crippen molar-refractivity contribution in [3.05, 3.63) is 51.9 Å². The first-order valence-corrected chi connectivity index (χ1v) is 17.7. The molecule has 1 aromatic carbocycles. The number of fused-ring (bicyclic) bond motifs is 1. The number of aryl methyl sites for hydroxylation is 2. The fraction of sp³-hybridized carbons (Fsp3) is 0.595. The van der Waals surface area contributed by atoms with Gasteiger partial charge in [-0.25, -0.2) is 4.98 Å². The summed E-state index contributed by atoms with van der Waals surface area (Å²) in [5.74, 6) is 0.798. The summed E-state index contributed by atoms with van der Waals surface area (Å²) in [5, 5.41) is 21.1. The van der Waals surface area contributed by atoms with Gasteiger partial charge >= 0.3 is 6.18 Å². The molecule has 4 heterocycles. The predicted molar refractivity (Wildman–Crippen MR) is 192 cm³/mol. The van der Waals surface area contributed by atoms with Crippen molar-refractivity contribution in [1.82, 2.24) is 29.7 Å². The number of nitrogens with one attached hydrogen (secondary N) is 3. The van der Waals surface area contributed by atoms with E-state index in [1.54, 1.807) is 13.1 Å². The molecule has 2 aliphatic heterocycles. The van der Waals surface area contributed by atoms with Gasteiger partial charge in [-0.2, -0.15) is 23.4 Å². The first-order valence-electron chi connectivity index (χ1n) is 17.7. The molecule has 2 aromatic heterocycles. The average molecular weight is 680 g/mol. The zero-order valence-electron chi connectivity index (χ0n) is 29.8. The van der Waals surface area contributed by atoms with Crippen molar-refractivity contribution in [3.8, 4) is 6.07 Å². The third-order valence-corrected chi connectivity index (χ3v) is 10.5. The predicted octanol–water partition coefficient (Wildman–Crippen LogP) is 6.71. The Hall–Kier alpha value is -3.66. The number of hydrogen-bond acceptors (Lipinski definition) is 8. The molecule has 0 amide bonds. The van der Waals surface area contributed by atoms with Gasteiger partial charge in [0.1, 0.15) is 17.6 Å². The Morgan fingerprint density at radius 1 is 1.12 bits per heavy atom. The van der Waals surface area contributed by atoms with Crippen molar-refractivity contribution in [2.45, 2.75) is 91.7 Å². The topological polar surface area (TPSA) is 97.1 Å². The normalized spacial score (nSPS) is 18.4. The van der Waals surface area contributed by atoms with E-state index in [-0.39, 0.29) is 12.0 Å². The highest BCUT2D eigenvalue weighted by atomic mass is 19.4. The van der Waals surface area contributed by atoms with Crippen LogP contribution in [0.5, 0.6) is 0 Å². The number of rotatable bonds is 12. The summed E-state index contributed by atoms with van der Waals surface area (Å²) in [6, 6.07) is 9.34. The molecule has 2 fully saturated rings. The van der Waals surface area contributed by atoms with E-state index < -0.39 is 12.6 Å². The van der Waals surface area contributed by atoms with E-state index in [2.05, 4.69) is 72.3 Å². The van der Waals surface area contributed by atoms with Gasteiger partial charge in [0, 0.05) is 88.0 Å². The van der Waals surface area contributed by atoms with Crippen LogP contribution in [0.3, 0.4) is 0 Å². The summed E-state index contributed by atoms with van der Waals surface area (Å²) in [4.78, 5) is 14.1. The molecule has 0 spiro atoms. The zero-order valence-corrected chi connectivity index (χ0v) is 29.8. The van der Waals surface area contributed by atoms with Crippen LogP contribution in [0.1, 0.15) is 74.5 Å². The molecule has 0 aliphatic carbocycles. The van der Waals surface area contributed by atoms with Crippen LogP contribution in [0, 0.1) is 31.1 Å². The molecular weight excluding hydrogens is 627 g/mol. The molecule has 0 saturated carbocycles. The molecule has 266 valence electrons. The summed E-state index contributed by atoms with van der Waals surface area (Å²) in [7, 11) is 1.74. The monoisotopic (exact) mass is 679 g/mol. The third-order valence-electron chi connectivity index (χ3n) is 10.5. The van der Waals surface area contributed by atoms with Crippen molar-refractivity contribution < 1.29 is 13.2 Å². The number of alkyl halides is 3. The van der Waals surface area contributed by atoms with Crippen molar-refractivity contribution >= 4 is 28.7 Å². The van der Waals surface area contributed by atoms with E-state index in [9.17, 15) is 18.4 Å². The van der Waals surface area contributed by atoms with Gasteiger partial charge in [0.25, 0.3) is 0 Å². The molecule has 5 rings (SSSR count). The van der Waals surface area contributed by atoms with Crippen LogP contribution in [0.2, 0.25) is 0 Å². The fourth-order valence-electron chi connectivity index (χ4n) is 7.18. The highest BCUT2D eigenvalue weighted by molar-refractivity contribution is 5.86. The lowest BCUT2D eigenvalue weighted by Crippen LogP contribution is -2.48. The molecule has 1 unspecified atom stereocenters. The van der Waals surface area contributed by atoms with E-state index in [0.717, 1.165) is 76.1 Å². The van der Waals surface area contributed by atoms with Gasteiger partial charge in [-0.05, 0) is 75.3 Å². The van der Waals surface area contributed by atoms with Gasteiger partial charge in [-0.1, -0.05) is 25.5 Å². The molecule has 12 heteroatoms. The lowest BCUT2D eigenvalue weighted by Gasteiger charge is -2.33. The Morgan fingerprint density at radius 3 is 2.47 bits per heavy atom. The SMILES string of the molecule is CCC(C)/C(=C\c1c(C)nc(NC)nc1NC1CCN(Cc2ccc3c(cc(C#N)n3C[C@H](C)N3CCNCC3)c2C)CC1)CC(F)(F)F. The van der Waals surface area contributed by atoms with Gasteiger partial charge in [0.05, 0.1) is 12.1 Å². The highest BCUT2D eigenvalue weighted by Gasteiger charge is 2.31. The Labute approximate surface area is 289 Å². The lowest BCUT2D eigenvalue weighted by molar-refractivity contribution is -0.128. The minimum atomic E-state index is -4.29. The quantitative estimate of drug-likeness (QED) is 0.194. The number of benzene rings is 1. The van der Waals surface area contributed by atoms with Crippen molar-refractivity contribution in [3.63, 3.8) is 0 Å². The van der Waals surface area contributed by atoms with Crippen LogP contribution in [-0.2, 0) is 13.1 Å². The number of allylic oxidation sites excluding steroid dienone is 1. The molecule has 0 bridgehead atoms. The second kappa shape index (κ2) is 15.9. The zero-order chi connectivity index (χ0) is 35.3. The minimum Gasteiger partial charge on any atom is -0.367 e. The molecule has 0 radical (unpaired) electrons. The first kappa shape index (κ1) is 36.6. The molecule has 3 aromatic rings. The second-order valence-corrected chi connectivity index (χ2v) is 13.8. The minimum absolute atomic E-state index is 0.130. The standard InChI is InChI=1S/C37H52F3N9/c1-7-24(2)29(20-37(38,39)40)18-33-27(5)44-36(42-6)46-35(33)45-30-10-14-47(15-11-30)23-28-8-9-34-32(26(28)4)19-31(21-41)49(34)22-25(3)48-16-12-43-13-17-48/h8-9,18-19,24-25,30,43H,7,10-17,20,22-23H2,1-6H3,(H2,42,44,45,46)/b29-18-/t24?,25-/m0/s1. The molecule has 2 atom stereocenters. The Kier molecular flexibility index (Phi) is 11.9. The number of piperidine rings is 1. The Morgan fingerprint density at radius 2 is 1.84 bits per heavy atom. The van der Waals surface area contributed by atoms with Gasteiger partial charge in [0.2, 0.25) is 5.95 Å². The van der Waals surface area contributed by atoms with E-state index in [1.165, 1.54) is 11.1 Å². The van der Waals surface area contributed by atoms with Crippen LogP contribution >= 0.6 is 0 Å². The Bertz CT molecular complexity index is 1660. The maximum Gasteiger partial charge on any atom is 0.392 e. The Balaban J connectivity index is 1.28. The smallest absolute Gasteiger partial charge is 0.367 e. The number of halogens is 3. The van der Waals surface area contributed by atoms with E-state index in [4.69, 9.17) is 0 Å². The third kappa shape index (κ3) is 8.93. The van der Waals surface area contributed by atoms with Gasteiger partial charge < -0.3 is 20.5 Å². The fourth-order valence-corrected chi connectivity index (χ4v) is 7.18. The van der Waals surface area contributed by atoms with E-state index in [0.29, 0.717) is 46.8 Å². The van der Waals surface area contributed by atoms with Crippen molar-refractivity contribution in [1.29, 1.82) is 5.26 Å². The summed E-state index contributed by atoms with van der Waals surface area (Å²) < 4.78 is 42.7. The second-order valence-electron chi connectivity index (χ2n) is 13.8. The van der Waals surface area contributed by atoms with E-state index in [1.807, 2.05) is 26.8 Å². The summed E-state index contributed by atoms with van der Waals surface area (Å²) >= 11 is 0. The van der Waals surface area contributed by atoms with Crippen LogP contribution in [0.25, 0.3) is 17.0 Å². The number of hydrogen-bond donors (Lipinski definition) is 3. The van der Waals surface area contributed by atoms with Crippen LogP contribution < -0.4 is 16.0 Å². The summed E-state index contributed by atoms with van der Waals surface area (Å²) in [6.07, 6.45) is -1.21. The van der Waals surface area contributed by atoms with Crippen LogP contribution in [0.4, 0.5) is 24.9 Å². The molecule has 9 nitrogen and oxygen atoms in total. The maximum absolute atomic E-state index is 13.5. The van der Waals surface area contributed by atoms with Gasteiger partial charge in [-0.15, -0.1) is 0 Å². The van der Waals surface area contributed by atoms with Gasteiger partial charge in [-0.3, -0.25) is 9.80 Å². The number of aromatic nitrogens is 3. The van der Waals surface area contributed by atoms with Crippen molar-refractivity contribution in [2.24, 2.45) is 5.92 Å². The number of nitrogens with zero attached hydrogens (tertiary/aromatic N) is 6. The molecule has 2 aliphatic rings. The largest absolute Gasteiger partial charge is 0.392 e. The average Bonchev–Trinajstić information content (AvgIpc) is 3.44. The number of likely N-dealkylation sites (tertiary alicyclic amines) is 1. The number of anilines is 2. The van der Waals surface area contributed by atoms with Crippen LogP contribution in [-0.4, -0.2) is 88.9 Å². The van der Waals surface area contributed by atoms with E-state index >= 15 is 0 Å². The highest BCUT2D eigenvalue weighted by Crippen LogP contribution is 2.34. The first-order chi connectivity index (χ1) is 23.4. The number of nitriles is 1. The van der Waals surface area contributed by atoms with Gasteiger partial charge in [0.15, 0.2) is 0 Å². The summed E-state index contributed by atoms with van der Waals surface area (Å²) in [5.41, 5.74) is 5.89. The summed E-state index contributed by atoms with van der Waals surface area (Å²) in [6.45, 7) is 17.4. The maximum atomic E-state index is 13.5. The number of piperazine rings is 1. The molecule has 3 N–H and O–H groups in total. The molecule has 49 heavy (non-hydrogen) atoms. The molecular formula is C37H52F3N9. The molecule has 2 saturated heterocycles.